The first-order chi connectivity index (χ1) is 12.6. The van der Waals surface area contributed by atoms with Crippen molar-refractivity contribution in [1.29, 1.82) is 0 Å². The third-order valence-electron chi connectivity index (χ3n) is 4.39. The molecule has 0 saturated heterocycles. The molecule has 1 aromatic carbocycles. The largest absolute Gasteiger partial charge is 0.462 e. The maximum Gasteiger partial charge on any atom is 0.338 e. The van der Waals surface area contributed by atoms with Crippen molar-refractivity contribution in [3.8, 4) is 0 Å². The van der Waals surface area contributed by atoms with E-state index in [1.165, 1.54) is 25.5 Å². The van der Waals surface area contributed by atoms with Gasteiger partial charge in [-0.05, 0) is 37.1 Å². The molecular formula is C21H27NO4. The molecule has 0 unspecified atom stereocenters. The van der Waals surface area contributed by atoms with Crippen LogP contribution in [0, 0.1) is 0 Å². The van der Waals surface area contributed by atoms with Crippen LogP contribution in [0.3, 0.4) is 0 Å². The average Bonchev–Trinajstić information content (AvgIpc) is 2.64. The molecule has 0 spiro atoms. The van der Waals surface area contributed by atoms with Crippen LogP contribution in [0.1, 0.15) is 68.6 Å². The number of carbonyl (C=O) groups is 3. The van der Waals surface area contributed by atoms with Gasteiger partial charge in [-0.2, -0.15) is 0 Å². The van der Waals surface area contributed by atoms with Crippen LogP contribution in [0.4, 0.5) is 5.69 Å². The number of hydrogen-bond acceptors (Lipinski definition) is 5. The molecular weight excluding hydrogens is 330 g/mol. The lowest BCUT2D eigenvalue weighted by atomic mass is 9.93. The summed E-state index contributed by atoms with van der Waals surface area (Å²) < 4.78 is 5.27. The maximum atomic E-state index is 12.0. The molecule has 1 aliphatic rings. The molecule has 0 bridgehead atoms. The number of hydrogen-bond donors (Lipinski definition) is 1. The summed E-state index contributed by atoms with van der Waals surface area (Å²) in [5.74, 6) is -0.566. The second-order valence-electron chi connectivity index (χ2n) is 6.53. The number of unbranched alkanes of at least 4 members (excludes halogenated alkanes) is 4. The minimum atomic E-state index is -0.331. The number of anilines is 1. The molecule has 26 heavy (non-hydrogen) atoms. The predicted octanol–water partition coefficient (Wildman–Crippen LogP) is 4.43. The Morgan fingerprint density at radius 2 is 1.69 bits per heavy atom. The fourth-order valence-electron chi connectivity index (χ4n) is 2.81. The summed E-state index contributed by atoms with van der Waals surface area (Å²) in [6.07, 6.45) is 8.49. The van der Waals surface area contributed by atoms with E-state index in [1.807, 2.05) is 0 Å². The van der Waals surface area contributed by atoms with Gasteiger partial charge < -0.3 is 10.1 Å². The molecule has 1 saturated carbocycles. The van der Waals surface area contributed by atoms with E-state index in [2.05, 4.69) is 12.2 Å². The van der Waals surface area contributed by atoms with Crippen LogP contribution in [-0.2, 0) is 14.3 Å². The zero-order chi connectivity index (χ0) is 18.8. The number of benzene rings is 1. The molecule has 5 nitrogen and oxygen atoms in total. The van der Waals surface area contributed by atoms with Crippen molar-refractivity contribution in [3.05, 3.63) is 41.6 Å². The fourth-order valence-corrected chi connectivity index (χ4v) is 2.81. The van der Waals surface area contributed by atoms with E-state index in [4.69, 9.17) is 4.74 Å². The van der Waals surface area contributed by atoms with E-state index in [-0.39, 0.29) is 23.1 Å². The lowest BCUT2D eigenvalue weighted by Gasteiger charge is -2.12. The van der Waals surface area contributed by atoms with Crippen LogP contribution >= 0.6 is 0 Å². The minimum Gasteiger partial charge on any atom is -0.462 e. The van der Waals surface area contributed by atoms with Crippen LogP contribution in [0.2, 0.25) is 0 Å². The van der Waals surface area contributed by atoms with Crippen molar-refractivity contribution >= 4 is 23.2 Å². The summed E-state index contributed by atoms with van der Waals surface area (Å²) in [7, 11) is 0. The van der Waals surface area contributed by atoms with Gasteiger partial charge in [0.1, 0.15) is 0 Å². The monoisotopic (exact) mass is 357 g/mol. The molecule has 1 fully saturated rings. The number of allylic oxidation sites excluding steroid dienone is 1. The molecule has 1 aliphatic carbocycles. The Balaban J connectivity index is 1.81. The van der Waals surface area contributed by atoms with Crippen molar-refractivity contribution in [2.45, 2.75) is 58.3 Å². The topological polar surface area (TPSA) is 72.5 Å². The number of carbonyl (C=O) groups excluding carboxylic acids is 3. The summed E-state index contributed by atoms with van der Waals surface area (Å²) in [6, 6.07) is 6.80. The molecule has 2 rings (SSSR count). The highest BCUT2D eigenvalue weighted by Crippen LogP contribution is 2.17. The van der Waals surface area contributed by atoms with Gasteiger partial charge in [0.15, 0.2) is 11.6 Å². The Labute approximate surface area is 154 Å². The van der Waals surface area contributed by atoms with Crippen LogP contribution in [0.15, 0.2) is 36.0 Å². The SMILES string of the molecule is CCCCCCCOC(=O)c1ccc(NC=C2C(=O)CCCC2=O)cc1. The van der Waals surface area contributed by atoms with Crippen molar-refractivity contribution in [2.24, 2.45) is 0 Å². The molecule has 0 radical (unpaired) electrons. The molecule has 1 aromatic rings. The van der Waals surface area contributed by atoms with Gasteiger partial charge in [0.05, 0.1) is 17.7 Å². The summed E-state index contributed by atoms with van der Waals surface area (Å²) in [5, 5.41) is 2.96. The van der Waals surface area contributed by atoms with Gasteiger partial charge in [0.25, 0.3) is 0 Å². The highest BCUT2D eigenvalue weighted by atomic mass is 16.5. The minimum absolute atomic E-state index is 0.118. The number of esters is 1. The lowest BCUT2D eigenvalue weighted by molar-refractivity contribution is -0.123. The van der Waals surface area contributed by atoms with Crippen molar-refractivity contribution in [1.82, 2.24) is 0 Å². The Bertz CT molecular complexity index is 643. The first kappa shape index (κ1) is 19.9. The molecule has 0 amide bonds. The van der Waals surface area contributed by atoms with Crippen LogP contribution in [0.25, 0.3) is 0 Å². The van der Waals surface area contributed by atoms with Crippen molar-refractivity contribution in [2.75, 3.05) is 11.9 Å². The second-order valence-corrected chi connectivity index (χ2v) is 6.53. The van der Waals surface area contributed by atoms with Crippen LogP contribution < -0.4 is 5.32 Å². The van der Waals surface area contributed by atoms with Gasteiger partial charge in [0.2, 0.25) is 0 Å². The smallest absolute Gasteiger partial charge is 0.338 e. The Morgan fingerprint density at radius 1 is 1.04 bits per heavy atom. The number of Topliss-reactive ketones (excluding diaryl/α,β-unsaturated/α-hetero) is 2. The highest BCUT2D eigenvalue weighted by Gasteiger charge is 2.22. The summed E-state index contributed by atoms with van der Waals surface area (Å²) in [6.45, 7) is 2.61. The molecule has 140 valence electrons. The van der Waals surface area contributed by atoms with E-state index in [9.17, 15) is 14.4 Å². The van der Waals surface area contributed by atoms with E-state index < -0.39 is 0 Å². The Kier molecular flexibility index (Phi) is 8.06. The predicted molar refractivity (Wildman–Crippen MR) is 101 cm³/mol. The highest BCUT2D eigenvalue weighted by molar-refractivity contribution is 6.21. The normalized spacial score (nSPS) is 14.3. The average molecular weight is 357 g/mol. The zero-order valence-electron chi connectivity index (χ0n) is 15.4. The summed E-state index contributed by atoms with van der Waals surface area (Å²) in [5.41, 5.74) is 1.42. The molecule has 0 atom stereocenters. The van der Waals surface area contributed by atoms with E-state index in [1.54, 1.807) is 24.3 Å². The van der Waals surface area contributed by atoms with Crippen LogP contribution in [0.5, 0.6) is 0 Å². The van der Waals surface area contributed by atoms with Crippen molar-refractivity contribution in [3.63, 3.8) is 0 Å². The molecule has 1 N–H and O–H groups in total. The van der Waals surface area contributed by atoms with Gasteiger partial charge in [-0.25, -0.2) is 4.79 Å². The first-order valence-electron chi connectivity index (χ1n) is 9.42. The summed E-state index contributed by atoms with van der Waals surface area (Å²) >= 11 is 0. The summed E-state index contributed by atoms with van der Waals surface area (Å²) in [4.78, 5) is 35.5. The number of ether oxygens (including phenoxy) is 1. The third-order valence-corrected chi connectivity index (χ3v) is 4.39. The standard InChI is InChI=1S/C21H27NO4/c1-2-3-4-5-6-14-26-21(25)16-10-12-17(13-11-16)22-15-18-19(23)8-7-9-20(18)24/h10-13,15,22H,2-9,14H2,1H3. The zero-order valence-corrected chi connectivity index (χ0v) is 15.4. The molecule has 0 aliphatic heterocycles. The van der Waals surface area contributed by atoms with Crippen molar-refractivity contribution < 1.29 is 19.1 Å². The number of ketones is 2. The van der Waals surface area contributed by atoms with Crippen LogP contribution in [-0.4, -0.2) is 24.1 Å². The lowest BCUT2D eigenvalue weighted by Crippen LogP contribution is -2.19. The number of rotatable bonds is 9. The van der Waals surface area contributed by atoms with Gasteiger partial charge in [-0.3, -0.25) is 9.59 Å². The van der Waals surface area contributed by atoms with Gasteiger partial charge in [-0.1, -0.05) is 32.6 Å². The number of nitrogens with one attached hydrogen (secondary N) is 1. The fraction of sp³-hybridized carbons (Fsp3) is 0.476. The van der Waals surface area contributed by atoms with Gasteiger partial charge in [-0.15, -0.1) is 0 Å². The second kappa shape index (κ2) is 10.5. The van der Waals surface area contributed by atoms with E-state index >= 15 is 0 Å². The Hall–Kier alpha value is -2.43. The third kappa shape index (κ3) is 6.14. The molecule has 0 aromatic heterocycles. The van der Waals surface area contributed by atoms with E-state index in [0.717, 1.165) is 12.8 Å². The van der Waals surface area contributed by atoms with Gasteiger partial charge >= 0.3 is 5.97 Å². The van der Waals surface area contributed by atoms with E-state index in [0.29, 0.717) is 37.1 Å². The molecule has 0 heterocycles. The maximum absolute atomic E-state index is 12.0. The van der Waals surface area contributed by atoms with Gasteiger partial charge in [0, 0.05) is 24.7 Å². The Morgan fingerprint density at radius 3 is 2.35 bits per heavy atom. The quantitative estimate of drug-likeness (QED) is 0.306. The molecule has 5 heteroatoms. The first-order valence-corrected chi connectivity index (χ1v) is 9.42.